The van der Waals surface area contributed by atoms with E-state index in [4.69, 9.17) is 14.6 Å². The number of carboxylic acids is 1. The molecule has 14 heteroatoms. The van der Waals surface area contributed by atoms with Crippen molar-refractivity contribution in [2.45, 2.75) is 104 Å². The predicted octanol–water partition coefficient (Wildman–Crippen LogP) is 3.19. The lowest BCUT2D eigenvalue weighted by Crippen LogP contribution is -2.47. The van der Waals surface area contributed by atoms with Gasteiger partial charge in [0.2, 0.25) is 5.91 Å². The van der Waals surface area contributed by atoms with Crippen molar-refractivity contribution in [2.75, 3.05) is 26.2 Å². The van der Waals surface area contributed by atoms with Crippen LogP contribution in [-0.2, 0) is 19.1 Å². The minimum Gasteiger partial charge on any atom is -0.480 e. The van der Waals surface area contributed by atoms with Crippen LogP contribution < -0.4 is 16.0 Å². The molecule has 0 unspecified atom stereocenters. The molecule has 0 aromatic carbocycles. The largest absolute Gasteiger partial charge is 0.480 e. The molecule has 0 aromatic heterocycles. The number of carboxylic acid groups (broad SMARTS) is 1. The molecule has 38 heavy (non-hydrogen) atoms. The Hall–Kier alpha value is -2.41. The molecule has 2 saturated heterocycles. The maximum atomic E-state index is 13.0. The van der Waals surface area contributed by atoms with Gasteiger partial charge in [0.05, 0.1) is 6.54 Å². The summed E-state index contributed by atoms with van der Waals surface area (Å²) in [6.07, 6.45) is -1.81. The van der Waals surface area contributed by atoms with E-state index in [9.17, 15) is 28.0 Å². The van der Waals surface area contributed by atoms with E-state index in [1.807, 2.05) is 0 Å². The lowest BCUT2D eigenvalue weighted by Gasteiger charge is -2.24. The molecule has 0 saturated carbocycles. The van der Waals surface area contributed by atoms with Gasteiger partial charge in [-0.05, 0) is 74.8 Å². The standard InChI is InChI=1S/C12H21FN2O3.C8H15NO4.C4H8FN.ClH/c1-8(14-11(17)18-12(2,3)4)10(16)15-6-5-9(13)7-15;1-5(6(10)11)9-7(12)13-8(2,3)4;5-4-1-2-6-3-4;/h8-9H,5-7H2,1-4H3,(H,14,17);5H,1-4H3,(H,9,12)(H,10,11);4,6H,1-3H2;1H/t8-,9+;5-;4-;/m110./s1. The van der Waals surface area contributed by atoms with Crippen LogP contribution in [0.4, 0.5) is 18.4 Å². The first-order chi connectivity index (χ1) is 16.8. The van der Waals surface area contributed by atoms with Gasteiger partial charge in [-0.2, -0.15) is 0 Å². The Bertz CT molecular complexity index is 757. The smallest absolute Gasteiger partial charge is 0.408 e. The molecule has 0 spiro atoms. The summed E-state index contributed by atoms with van der Waals surface area (Å²) in [5, 5.41) is 16.0. The third-order valence-electron chi connectivity index (χ3n) is 4.65. The number of aliphatic carboxylic acids is 1. The second-order valence-electron chi connectivity index (χ2n) is 10.8. The topological polar surface area (TPSA) is 146 Å². The van der Waals surface area contributed by atoms with Crippen molar-refractivity contribution in [1.29, 1.82) is 0 Å². The maximum Gasteiger partial charge on any atom is 0.408 e. The fourth-order valence-corrected chi connectivity index (χ4v) is 2.90. The number of amides is 3. The molecule has 11 nitrogen and oxygen atoms in total. The SMILES string of the molecule is C[C@@H](NC(=O)OC(C)(C)C)C(=O)N1CC[C@H](F)C1.C[C@@H](NC(=O)OC(C)(C)C)C(=O)O.Cl.F[C@H]1CCNC1. The Kier molecular flexibility index (Phi) is 17.1. The summed E-state index contributed by atoms with van der Waals surface area (Å²) in [5.41, 5.74) is -1.22. The van der Waals surface area contributed by atoms with Crippen molar-refractivity contribution in [3.8, 4) is 0 Å². The number of alkyl halides is 2. The van der Waals surface area contributed by atoms with Crippen LogP contribution in [0.5, 0.6) is 0 Å². The number of carbonyl (C=O) groups is 4. The van der Waals surface area contributed by atoms with Gasteiger partial charge >= 0.3 is 18.2 Å². The molecular formula is C24H45ClF2N4O7. The van der Waals surface area contributed by atoms with Crippen molar-refractivity contribution in [2.24, 2.45) is 0 Å². The average Bonchev–Trinajstić information content (AvgIpc) is 3.36. The van der Waals surface area contributed by atoms with E-state index in [0.717, 1.165) is 6.54 Å². The summed E-state index contributed by atoms with van der Waals surface area (Å²) in [6, 6.07) is -1.64. The number of carbonyl (C=O) groups excluding carboxylic acids is 3. The van der Waals surface area contributed by atoms with Crippen molar-refractivity contribution in [3.05, 3.63) is 0 Å². The Morgan fingerprint density at radius 2 is 1.37 bits per heavy atom. The van der Waals surface area contributed by atoms with E-state index < -0.39 is 53.8 Å². The number of alkyl carbamates (subject to hydrolysis) is 2. The fourth-order valence-electron chi connectivity index (χ4n) is 2.90. The molecule has 2 heterocycles. The number of rotatable bonds is 4. The number of nitrogens with zero attached hydrogens (tertiary/aromatic N) is 1. The fraction of sp³-hybridized carbons (Fsp3) is 0.833. The third kappa shape index (κ3) is 18.8. The molecule has 0 aliphatic carbocycles. The molecule has 224 valence electrons. The number of halogens is 3. The zero-order valence-corrected chi connectivity index (χ0v) is 24.4. The van der Waals surface area contributed by atoms with Crippen LogP contribution in [0.3, 0.4) is 0 Å². The molecule has 4 N–H and O–H groups in total. The van der Waals surface area contributed by atoms with E-state index >= 15 is 0 Å². The molecule has 3 amide bonds. The monoisotopic (exact) mass is 574 g/mol. The summed E-state index contributed by atoms with van der Waals surface area (Å²) in [4.78, 5) is 46.1. The quantitative estimate of drug-likeness (QED) is 0.400. The summed E-state index contributed by atoms with van der Waals surface area (Å²) < 4.78 is 34.7. The first kappa shape index (κ1) is 37.7. The summed E-state index contributed by atoms with van der Waals surface area (Å²) in [6.45, 7) is 15.2. The van der Waals surface area contributed by atoms with Crippen molar-refractivity contribution < 1.29 is 42.5 Å². The number of likely N-dealkylation sites (tertiary alicyclic amines) is 1. The van der Waals surface area contributed by atoms with Crippen LogP contribution in [0, 0.1) is 0 Å². The van der Waals surface area contributed by atoms with Gasteiger partial charge in [0.25, 0.3) is 0 Å². The average molecular weight is 575 g/mol. The van der Waals surface area contributed by atoms with Crippen LogP contribution in [0.25, 0.3) is 0 Å². The number of hydrogen-bond donors (Lipinski definition) is 4. The molecule has 2 aliphatic heterocycles. The first-order valence-corrected chi connectivity index (χ1v) is 12.3. The minimum atomic E-state index is -1.09. The molecule has 2 rings (SSSR count). The second kappa shape index (κ2) is 17.2. The van der Waals surface area contributed by atoms with Gasteiger partial charge < -0.3 is 35.4 Å². The van der Waals surface area contributed by atoms with Crippen LogP contribution >= 0.6 is 12.4 Å². The molecule has 2 aliphatic rings. The normalized spacial score (nSPS) is 20.2. The van der Waals surface area contributed by atoms with Crippen LogP contribution in [-0.4, -0.2) is 95.9 Å². The lowest BCUT2D eigenvalue weighted by atomic mass is 10.2. The van der Waals surface area contributed by atoms with Crippen LogP contribution in [0.2, 0.25) is 0 Å². The van der Waals surface area contributed by atoms with E-state index in [0.29, 0.717) is 25.9 Å². The van der Waals surface area contributed by atoms with E-state index in [2.05, 4.69) is 16.0 Å². The first-order valence-electron chi connectivity index (χ1n) is 12.3. The Morgan fingerprint density at radius 3 is 1.66 bits per heavy atom. The number of ether oxygens (including phenoxy) is 2. The van der Waals surface area contributed by atoms with Crippen LogP contribution in [0.1, 0.15) is 68.2 Å². The highest BCUT2D eigenvalue weighted by atomic mass is 35.5. The number of hydrogen-bond acceptors (Lipinski definition) is 7. The molecule has 4 atom stereocenters. The summed E-state index contributed by atoms with van der Waals surface area (Å²) in [5.74, 6) is -1.37. The Balaban J connectivity index is 0. The van der Waals surface area contributed by atoms with Gasteiger partial charge in [-0.15, -0.1) is 12.4 Å². The number of nitrogens with one attached hydrogen (secondary N) is 3. The van der Waals surface area contributed by atoms with Crippen LogP contribution in [0.15, 0.2) is 0 Å². The Morgan fingerprint density at radius 1 is 0.895 bits per heavy atom. The molecule has 0 bridgehead atoms. The summed E-state index contributed by atoms with van der Waals surface area (Å²) in [7, 11) is 0. The molecular weight excluding hydrogens is 530 g/mol. The lowest BCUT2D eigenvalue weighted by molar-refractivity contribution is -0.139. The van der Waals surface area contributed by atoms with Crippen molar-refractivity contribution in [3.63, 3.8) is 0 Å². The third-order valence-corrected chi connectivity index (χ3v) is 4.65. The minimum absolute atomic E-state index is 0. The van der Waals surface area contributed by atoms with Gasteiger partial charge in [-0.25, -0.2) is 18.4 Å². The molecule has 0 aromatic rings. The second-order valence-corrected chi connectivity index (χ2v) is 10.8. The van der Waals surface area contributed by atoms with Crippen molar-refractivity contribution in [1.82, 2.24) is 20.9 Å². The predicted molar refractivity (Wildman–Crippen MR) is 141 cm³/mol. The zero-order valence-electron chi connectivity index (χ0n) is 23.6. The van der Waals surface area contributed by atoms with Crippen molar-refractivity contribution >= 4 is 36.5 Å². The van der Waals surface area contributed by atoms with E-state index in [1.54, 1.807) is 48.5 Å². The summed E-state index contributed by atoms with van der Waals surface area (Å²) >= 11 is 0. The molecule has 2 fully saturated rings. The van der Waals surface area contributed by atoms with E-state index in [1.165, 1.54) is 11.8 Å². The highest BCUT2D eigenvalue weighted by molar-refractivity contribution is 5.86. The maximum absolute atomic E-state index is 13.0. The van der Waals surface area contributed by atoms with Gasteiger partial charge in [0.1, 0.15) is 35.6 Å². The van der Waals surface area contributed by atoms with E-state index in [-0.39, 0.29) is 24.9 Å². The van der Waals surface area contributed by atoms with Gasteiger partial charge in [0.15, 0.2) is 0 Å². The Labute approximate surface area is 230 Å². The van der Waals surface area contributed by atoms with Gasteiger partial charge in [-0.3, -0.25) is 9.59 Å². The molecule has 0 radical (unpaired) electrons. The highest BCUT2D eigenvalue weighted by Gasteiger charge is 2.30. The zero-order chi connectivity index (χ0) is 29.0. The van der Waals surface area contributed by atoms with Gasteiger partial charge in [0, 0.05) is 13.1 Å². The van der Waals surface area contributed by atoms with Gasteiger partial charge in [-0.1, -0.05) is 0 Å². The highest BCUT2D eigenvalue weighted by Crippen LogP contribution is 2.14.